The largest absolute Gasteiger partial charge is 0.466 e. The molecule has 0 aliphatic rings. The van der Waals surface area contributed by atoms with Crippen LogP contribution in [0.15, 0.2) is 0 Å². The highest BCUT2D eigenvalue weighted by Gasteiger charge is 2.03. The van der Waals surface area contributed by atoms with E-state index >= 15 is 0 Å². The first kappa shape index (κ1) is 26.9. The van der Waals surface area contributed by atoms with Gasteiger partial charge in [0.1, 0.15) is 0 Å². The van der Waals surface area contributed by atoms with Gasteiger partial charge in [-0.05, 0) is 25.7 Å². The zero-order valence-corrected chi connectivity index (χ0v) is 18.8. The lowest BCUT2D eigenvalue weighted by Gasteiger charge is -2.05. The zero-order valence-electron chi connectivity index (χ0n) is 18.8. The van der Waals surface area contributed by atoms with Gasteiger partial charge in [-0.25, -0.2) is 0 Å². The van der Waals surface area contributed by atoms with Crippen molar-refractivity contribution in [3.8, 4) is 0 Å². The molecule has 0 aliphatic carbocycles. The van der Waals surface area contributed by atoms with E-state index in [-0.39, 0.29) is 11.9 Å². The van der Waals surface area contributed by atoms with Crippen LogP contribution in [0.25, 0.3) is 0 Å². The Kier molecular flexibility index (Phi) is 21.4. The molecule has 0 aromatic rings. The van der Waals surface area contributed by atoms with Crippen molar-refractivity contribution in [3.05, 3.63) is 0 Å². The molecule has 0 saturated heterocycles. The highest BCUT2D eigenvalue weighted by atomic mass is 16.5. The topological polar surface area (TPSA) is 52.6 Å². The molecule has 0 saturated carbocycles. The minimum absolute atomic E-state index is 0.0336. The Bertz CT molecular complexity index is 321. The summed E-state index contributed by atoms with van der Waals surface area (Å²) < 4.78 is 10.5. The molecule has 0 aromatic carbocycles. The van der Waals surface area contributed by atoms with Crippen LogP contribution < -0.4 is 0 Å². The van der Waals surface area contributed by atoms with Crippen molar-refractivity contribution in [1.29, 1.82) is 0 Å². The molecule has 28 heavy (non-hydrogen) atoms. The van der Waals surface area contributed by atoms with Gasteiger partial charge in [0, 0.05) is 12.8 Å². The molecule has 0 heterocycles. The maximum absolute atomic E-state index is 11.6. The highest BCUT2D eigenvalue weighted by molar-refractivity contribution is 5.69. The van der Waals surface area contributed by atoms with Crippen molar-refractivity contribution < 1.29 is 19.1 Å². The van der Waals surface area contributed by atoms with Gasteiger partial charge in [-0.15, -0.1) is 0 Å². The monoisotopic (exact) mass is 398 g/mol. The molecular formula is C24H46O4. The second kappa shape index (κ2) is 22.2. The first-order chi connectivity index (χ1) is 13.7. The summed E-state index contributed by atoms with van der Waals surface area (Å²) in [6.45, 7) is 5.54. The van der Waals surface area contributed by atoms with Crippen molar-refractivity contribution in [2.75, 3.05) is 13.2 Å². The Labute approximate surface area is 174 Å². The molecule has 0 unspecified atom stereocenters. The van der Waals surface area contributed by atoms with Gasteiger partial charge < -0.3 is 9.47 Å². The first-order valence-electron chi connectivity index (χ1n) is 12.0. The maximum atomic E-state index is 11.6. The van der Waals surface area contributed by atoms with Crippen LogP contribution in [0.1, 0.15) is 129 Å². The lowest BCUT2D eigenvalue weighted by atomic mass is 10.1. The van der Waals surface area contributed by atoms with E-state index < -0.39 is 0 Å². The van der Waals surface area contributed by atoms with E-state index in [1.165, 1.54) is 51.4 Å². The van der Waals surface area contributed by atoms with E-state index in [2.05, 4.69) is 13.8 Å². The molecule has 4 nitrogen and oxygen atoms in total. The van der Waals surface area contributed by atoms with Crippen molar-refractivity contribution in [2.45, 2.75) is 129 Å². The molecular weight excluding hydrogens is 352 g/mol. The zero-order chi connectivity index (χ0) is 20.7. The van der Waals surface area contributed by atoms with Crippen LogP contribution in [-0.2, 0) is 19.1 Å². The van der Waals surface area contributed by atoms with E-state index in [0.29, 0.717) is 26.1 Å². The summed E-state index contributed by atoms with van der Waals surface area (Å²) >= 11 is 0. The van der Waals surface area contributed by atoms with Crippen molar-refractivity contribution in [1.82, 2.24) is 0 Å². The highest BCUT2D eigenvalue weighted by Crippen LogP contribution is 2.11. The van der Waals surface area contributed by atoms with Crippen LogP contribution in [0.2, 0.25) is 0 Å². The van der Waals surface area contributed by atoms with Gasteiger partial charge >= 0.3 is 11.9 Å². The first-order valence-corrected chi connectivity index (χ1v) is 12.0. The molecule has 0 fully saturated rings. The summed E-state index contributed by atoms with van der Waals surface area (Å²) in [6, 6.07) is 0. The van der Waals surface area contributed by atoms with Gasteiger partial charge in [-0.3, -0.25) is 9.59 Å². The summed E-state index contributed by atoms with van der Waals surface area (Å²) in [5, 5.41) is 0. The smallest absolute Gasteiger partial charge is 0.305 e. The molecule has 4 heteroatoms. The number of hydrogen-bond acceptors (Lipinski definition) is 4. The third kappa shape index (κ3) is 21.2. The molecule has 166 valence electrons. The van der Waals surface area contributed by atoms with Crippen LogP contribution in [0.3, 0.4) is 0 Å². The van der Waals surface area contributed by atoms with E-state index in [0.717, 1.165) is 51.4 Å². The molecule has 0 radical (unpaired) electrons. The Morgan fingerprint density at radius 2 is 0.786 bits per heavy atom. The number of rotatable bonds is 21. The minimum atomic E-state index is -0.0336. The van der Waals surface area contributed by atoms with Gasteiger partial charge in [0.15, 0.2) is 0 Å². The van der Waals surface area contributed by atoms with Crippen molar-refractivity contribution in [2.24, 2.45) is 0 Å². The number of esters is 2. The van der Waals surface area contributed by atoms with Gasteiger partial charge in [0.2, 0.25) is 0 Å². The second-order valence-corrected chi connectivity index (χ2v) is 7.89. The predicted molar refractivity (Wildman–Crippen MR) is 116 cm³/mol. The predicted octanol–water partition coefficient (Wildman–Crippen LogP) is 7.13. The van der Waals surface area contributed by atoms with Crippen LogP contribution in [-0.4, -0.2) is 25.2 Å². The van der Waals surface area contributed by atoms with Crippen molar-refractivity contribution >= 4 is 11.9 Å². The summed E-state index contributed by atoms with van der Waals surface area (Å²) in [5.41, 5.74) is 0. The van der Waals surface area contributed by atoms with E-state index in [1.54, 1.807) is 0 Å². The summed E-state index contributed by atoms with van der Waals surface area (Å²) in [4.78, 5) is 23.2. The van der Waals surface area contributed by atoms with E-state index in [9.17, 15) is 9.59 Å². The average molecular weight is 399 g/mol. The standard InChI is InChI=1S/C24H46O4/c1-3-5-7-17-21-27-23(25)19-15-13-11-9-10-12-14-16-20-24(26)28-22-18-8-6-4-2/h3-22H2,1-2H3. The van der Waals surface area contributed by atoms with Crippen LogP contribution >= 0.6 is 0 Å². The normalized spacial score (nSPS) is 10.8. The fourth-order valence-corrected chi connectivity index (χ4v) is 3.17. The third-order valence-electron chi connectivity index (χ3n) is 5.03. The van der Waals surface area contributed by atoms with Gasteiger partial charge in [-0.1, -0.05) is 90.9 Å². The Balaban J connectivity index is 3.22. The van der Waals surface area contributed by atoms with Gasteiger partial charge in [0.05, 0.1) is 13.2 Å². The molecule has 0 aliphatic heterocycles. The van der Waals surface area contributed by atoms with Crippen LogP contribution in [0.5, 0.6) is 0 Å². The number of carbonyl (C=O) groups is 2. The van der Waals surface area contributed by atoms with E-state index in [1.807, 2.05) is 0 Å². The Morgan fingerprint density at radius 1 is 0.464 bits per heavy atom. The number of unbranched alkanes of at least 4 members (excludes halogenated alkanes) is 13. The SMILES string of the molecule is CCCCCCOC(=O)CCCCCCCCCCC(=O)OCCCCCC. The molecule has 0 spiro atoms. The average Bonchev–Trinajstić information content (AvgIpc) is 2.69. The fraction of sp³-hybridized carbons (Fsp3) is 0.917. The van der Waals surface area contributed by atoms with Gasteiger partial charge in [0.25, 0.3) is 0 Å². The maximum Gasteiger partial charge on any atom is 0.305 e. The van der Waals surface area contributed by atoms with Crippen LogP contribution in [0.4, 0.5) is 0 Å². The number of carbonyl (C=O) groups excluding carboxylic acids is 2. The summed E-state index contributed by atoms with van der Waals surface area (Å²) in [7, 11) is 0. The van der Waals surface area contributed by atoms with Crippen molar-refractivity contribution in [3.63, 3.8) is 0 Å². The second-order valence-electron chi connectivity index (χ2n) is 7.89. The quantitative estimate of drug-likeness (QED) is 0.152. The molecule has 0 rings (SSSR count). The molecule has 0 atom stereocenters. The summed E-state index contributed by atoms with van der Waals surface area (Å²) in [5.74, 6) is -0.0671. The molecule has 0 N–H and O–H groups in total. The number of hydrogen-bond donors (Lipinski definition) is 0. The third-order valence-corrected chi connectivity index (χ3v) is 5.03. The lowest BCUT2D eigenvalue weighted by Crippen LogP contribution is -2.05. The summed E-state index contributed by atoms with van der Waals surface area (Å²) in [6.07, 6.45) is 19.2. The Morgan fingerprint density at radius 3 is 1.14 bits per heavy atom. The molecule has 0 bridgehead atoms. The number of ether oxygens (including phenoxy) is 2. The van der Waals surface area contributed by atoms with E-state index in [4.69, 9.17) is 9.47 Å². The lowest BCUT2D eigenvalue weighted by molar-refractivity contribution is -0.144. The minimum Gasteiger partial charge on any atom is -0.466 e. The van der Waals surface area contributed by atoms with Gasteiger partial charge in [-0.2, -0.15) is 0 Å². The molecule has 0 aromatic heterocycles. The fourth-order valence-electron chi connectivity index (χ4n) is 3.17. The van der Waals surface area contributed by atoms with Crippen LogP contribution in [0, 0.1) is 0 Å². The molecule has 0 amide bonds. The Hall–Kier alpha value is -1.06.